The van der Waals surface area contributed by atoms with Gasteiger partial charge in [-0.3, -0.25) is 19.2 Å². The van der Waals surface area contributed by atoms with E-state index in [0.29, 0.717) is 0 Å². The van der Waals surface area contributed by atoms with E-state index in [0.717, 1.165) is 7.11 Å². The van der Waals surface area contributed by atoms with Crippen LogP contribution < -0.4 is 31.5 Å². The van der Waals surface area contributed by atoms with Gasteiger partial charge in [-0.05, 0) is 75.2 Å². The minimum absolute atomic E-state index is 0.0910. The molecule has 0 spiro atoms. The van der Waals surface area contributed by atoms with Gasteiger partial charge in [0.25, 0.3) is 0 Å². The van der Waals surface area contributed by atoms with Gasteiger partial charge >= 0.3 is 12.1 Å². The van der Waals surface area contributed by atoms with Crippen molar-refractivity contribution in [3.63, 3.8) is 0 Å². The number of amides is 5. The molecule has 0 radical (unpaired) electrons. The van der Waals surface area contributed by atoms with Crippen molar-refractivity contribution in [2.75, 3.05) is 26.9 Å². The van der Waals surface area contributed by atoms with E-state index >= 15 is 0 Å². The molecular formula is C29H49N8O9+. The number of methoxy groups -OCH3 is 1. The quantitative estimate of drug-likeness (QED) is 0.0412. The second-order valence-corrected chi connectivity index (χ2v) is 12.9. The SMILES string of the molecule is C#CCOC[C@H](NC(=O)C(C)(C)NC(=O)C(C)(C)NC(=O)[C@H](CCCN=[N+]=N)NC(=O)OC(C)(C)C)C(=O)NC(C)(C)C(=O)OC. The predicted octanol–water partition coefficient (Wildman–Crippen LogP) is 0.202. The molecule has 0 aromatic carbocycles. The first kappa shape index (κ1) is 41.4. The molecule has 0 aromatic heterocycles. The normalized spacial score (nSPS) is 13.0. The van der Waals surface area contributed by atoms with Crippen molar-refractivity contribution in [2.24, 2.45) is 5.11 Å². The van der Waals surface area contributed by atoms with Crippen LogP contribution in [-0.4, -0.2) is 96.9 Å². The number of esters is 1. The fourth-order valence-corrected chi connectivity index (χ4v) is 3.54. The van der Waals surface area contributed by atoms with Gasteiger partial charge in [-0.25, -0.2) is 9.59 Å². The van der Waals surface area contributed by atoms with Gasteiger partial charge in [0, 0.05) is 0 Å². The fourth-order valence-electron chi connectivity index (χ4n) is 3.54. The fraction of sp³-hybridized carbons (Fsp3) is 0.724. The van der Waals surface area contributed by atoms with Gasteiger partial charge in [0.15, 0.2) is 0 Å². The molecule has 2 atom stereocenters. The van der Waals surface area contributed by atoms with Crippen LogP contribution in [0.1, 0.15) is 75.2 Å². The summed E-state index contributed by atoms with van der Waals surface area (Å²) >= 11 is 0. The summed E-state index contributed by atoms with van der Waals surface area (Å²) in [7, 11) is 1.16. The van der Waals surface area contributed by atoms with Crippen molar-refractivity contribution in [3.8, 4) is 12.3 Å². The molecule has 258 valence electrons. The number of carbonyl (C=O) groups excluding carboxylic acids is 6. The van der Waals surface area contributed by atoms with Crippen molar-refractivity contribution >= 4 is 35.7 Å². The standard InChI is InChI=1S/C29H48N8O9/c1-12-16-45-17-19(21(39)35-29(9,10)24(42)44-11)32-22(40)27(5,6)36-23(41)28(7,8)34-20(38)18(14-13-15-31-37-30)33-25(43)46-26(2,3)4/h1,18-19,30H,13-17H2,2-11H3,(H4-,32,33,34,35,36,38,39,40,41,43)/p+1/t18-,19-/m0/s1. The lowest BCUT2D eigenvalue weighted by atomic mass is 9.97. The molecule has 6 N–H and O–H groups in total. The van der Waals surface area contributed by atoms with Gasteiger partial charge in [0.05, 0.1) is 13.7 Å². The number of nitrogens with one attached hydrogen (secondary N) is 6. The van der Waals surface area contributed by atoms with Crippen LogP contribution in [0, 0.1) is 17.9 Å². The Kier molecular flexibility index (Phi) is 16.1. The maximum Gasteiger partial charge on any atom is 0.408 e. The van der Waals surface area contributed by atoms with E-state index in [2.05, 4.69) is 42.5 Å². The third-order valence-electron chi connectivity index (χ3n) is 6.05. The summed E-state index contributed by atoms with van der Waals surface area (Å²) in [5, 5.41) is 16.1. The smallest absolute Gasteiger partial charge is 0.408 e. The van der Waals surface area contributed by atoms with E-state index in [-0.39, 0.29) is 32.6 Å². The lowest BCUT2D eigenvalue weighted by molar-refractivity contribution is -0.150. The monoisotopic (exact) mass is 653 g/mol. The highest BCUT2D eigenvalue weighted by Crippen LogP contribution is 2.13. The molecule has 0 saturated carbocycles. The summed E-state index contributed by atoms with van der Waals surface area (Å²) in [5.74, 6) is -1.54. The first-order chi connectivity index (χ1) is 21.0. The van der Waals surface area contributed by atoms with Gasteiger partial charge in [-0.1, -0.05) is 5.92 Å². The molecule has 0 aromatic rings. The number of terminal acetylenes is 1. The van der Waals surface area contributed by atoms with Crippen LogP contribution in [0.5, 0.6) is 0 Å². The maximum atomic E-state index is 13.3. The summed E-state index contributed by atoms with van der Waals surface area (Å²) in [6, 6.07) is -2.45. The zero-order chi connectivity index (χ0) is 35.9. The topological polar surface area (TPSA) is 241 Å². The number of rotatable bonds is 17. The molecule has 0 aliphatic carbocycles. The maximum absolute atomic E-state index is 13.3. The van der Waals surface area contributed by atoms with Crippen molar-refractivity contribution < 1.29 is 43.0 Å². The Hall–Kier alpha value is -4.55. The zero-order valence-corrected chi connectivity index (χ0v) is 28.3. The van der Waals surface area contributed by atoms with E-state index in [1.54, 1.807) is 20.8 Å². The van der Waals surface area contributed by atoms with Gasteiger partial charge in [0.2, 0.25) is 28.5 Å². The Balaban J connectivity index is 5.77. The molecule has 0 aliphatic heterocycles. The molecule has 0 unspecified atom stereocenters. The van der Waals surface area contributed by atoms with Gasteiger partial charge < -0.3 is 40.8 Å². The Morgan fingerprint density at radius 3 is 1.89 bits per heavy atom. The third kappa shape index (κ3) is 15.0. The summed E-state index contributed by atoms with van der Waals surface area (Å²) in [6.45, 7) is 13.0. The van der Waals surface area contributed by atoms with Crippen molar-refractivity contribution in [2.45, 2.75) is 109 Å². The van der Waals surface area contributed by atoms with Crippen LogP contribution in [0.4, 0.5) is 4.79 Å². The molecule has 0 bridgehead atoms. The highest BCUT2D eigenvalue weighted by atomic mass is 16.6. The van der Waals surface area contributed by atoms with Gasteiger partial charge in [-0.2, -0.15) is 0 Å². The molecule has 0 fully saturated rings. The molecule has 5 amide bonds. The van der Waals surface area contributed by atoms with Gasteiger partial charge in [0.1, 0.15) is 58.1 Å². The Labute approximate surface area is 269 Å². The van der Waals surface area contributed by atoms with E-state index in [4.69, 9.17) is 26.2 Å². The minimum atomic E-state index is -1.63. The second kappa shape index (κ2) is 17.8. The van der Waals surface area contributed by atoms with E-state index in [1.807, 2.05) is 0 Å². The lowest BCUT2D eigenvalue weighted by Gasteiger charge is -2.34. The molecule has 0 rings (SSSR count). The van der Waals surface area contributed by atoms with Crippen LogP contribution in [-0.2, 0) is 38.2 Å². The molecule has 17 heteroatoms. The first-order valence-corrected chi connectivity index (χ1v) is 14.4. The summed E-state index contributed by atoms with van der Waals surface area (Å²) in [5.41, 5.74) is 1.28. The van der Waals surface area contributed by atoms with Crippen LogP contribution in [0.25, 0.3) is 0 Å². The average Bonchev–Trinajstić information content (AvgIpc) is 2.91. The molecular weight excluding hydrogens is 604 g/mol. The number of carbonyl (C=O) groups is 6. The van der Waals surface area contributed by atoms with Crippen LogP contribution in [0.2, 0.25) is 0 Å². The van der Waals surface area contributed by atoms with E-state index in [1.165, 1.54) is 41.5 Å². The minimum Gasteiger partial charge on any atom is -0.467 e. The van der Waals surface area contributed by atoms with Crippen molar-refractivity contribution in [1.82, 2.24) is 31.5 Å². The second-order valence-electron chi connectivity index (χ2n) is 12.9. The van der Waals surface area contributed by atoms with E-state index in [9.17, 15) is 28.8 Å². The summed E-state index contributed by atoms with van der Waals surface area (Å²) in [6.07, 6.45) is 4.73. The summed E-state index contributed by atoms with van der Waals surface area (Å²) in [4.78, 5) is 80.2. The van der Waals surface area contributed by atoms with E-state index < -0.39 is 70.0 Å². The first-order valence-electron chi connectivity index (χ1n) is 14.4. The molecule has 0 aliphatic rings. The Morgan fingerprint density at radius 2 is 1.37 bits per heavy atom. The molecule has 0 saturated heterocycles. The van der Waals surface area contributed by atoms with Crippen LogP contribution in [0.15, 0.2) is 5.11 Å². The lowest BCUT2D eigenvalue weighted by Crippen LogP contribution is -2.66. The highest BCUT2D eigenvalue weighted by molar-refractivity contribution is 5.99. The van der Waals surface area contributed by atoms with Crippen molar-refractivity contribution in [3.05, 3.63) is 0 Å². The number of hydrogen-bond acceptors (Lipinski definition) is 11. The number of nitrogens with zero attached hydrogens (tertiary/aromatic N) is 2. The largest absolute Gasteiger partial charge is 0.467 e. The average molecular weight is 654 g/mol. The molecule has 17 nitrogen and oxygen atoms in total. The van der Waals surface area contributed by atoms with Gasteiger partial charge in [-0.15, -0.1) is 6.42 Å². The van der Waals surface area contributed by atoms with Crippen LogP contribution >= 0.6 is 0 Å². The zero-order valence-electron chi connectivity index (χ0n) is 28.3. The predicted molar refractivity (Wildman–Crippen MR) is 165 cm³/mol. The van der Waals surface area contributed by atoms with Crippen LogP contribution in [0.3, 0.4) is 0 Å². The number of alkyl carbamates (subject to hydrolysis) is 1. The van der Waals surface area contributed by atoms with Crippen molar-refractivity contribution in [1.29, 1.82) is 5.53 Å². The highest BCUT2D eigenvalue weighted by Gasteiger charge is 2.40. The Morgan fingerprint density at radius 1 is 0.826 bits per heavy atom. The number of ether oxygens (including phenoxy) is 3. The molecule has 0 heterocycles. The third-order valence-corrected chi connectivity index (χ3v) is 6.05. The Bertz CT molecular complexity index is 1210. The molecule has 46 heavy (non-hydrogen) atoms. The summed E-state index contributed by atoms with van der Waals surface area (Å²) < 4.78 is 15.2. The number of hydrogen-bond donors (Lipinski definition) is 6.